The molecule has 0 heterocycles. The van der Waals surface area contributed by atoms with Gasteiger partial charge in [-0.05, 0) is 72.2 Å². The number of oxime groups is 1. The van der Waals surface area contributed by atoms with Gasteiger partial charge >= 0.3 is 0 Å². The molecule has 0 unspecified atom stereocenters. The molecule has 3 heteroatoms. The highest BCUT2D eigenvalue weighted by Crippen LogP contribution is 2.34. The van der Waals surface area contributed by atoms with Gasteiger partial charge < -0.3 is 4.84 Å². The molecular weight excluding hydrogens is 366 g/mol. The first-order chi connectivity index (χ1) is 13.6. The molecule has 0 atom stereocenters. The average Bonchev–Trinajstić information content (AvgIpc) is 3.54. The highest BCUT2D eigenvalue weighted by atomic mass is 35.5. The second-order valence-corrected chi connectivity index (χ2v) is 7.88. The van der Waals surface area contributed by atoms with Crippen LogP contribution in [-0.4, -0.2) is 5.71 Å². The fourth-order valence-electron chi connectivity index (χ4n) is 3.61. The van der Waals surface area contributed by atoms with Crippen molar-refractivity contribution in [3.63, 3.8) is 0 Å². The van der Waals surface area contributed by atoms with Gasteiger partial charge in [0.1, 0.15) is 6.61 Å². The smallest absolute Gasteiger partial charge is 0.142 e. The summed E-state index contributed by atoms with van der Waals surface area (Å²) >= 11 is 6.02. The normalized spacial score (nSPS) is 14.2. The topological polar surface area (TPSA) is 21.6 Å². The maximum absolute atomic E-state index is 6.02. The van der Waals surface area contributed by atoms with Gasteiger partial charge in [-0.1, -0.05) is 71.4 Å². The molecule has 1 fully saturated rings. The van der Waals surface area contributed by atoms with Crippen molar-refractivity contribution >= 4 is 17.3 Å². The van der Waals surface area contributed by atoms with Crippen molar-refractivity contribution in [1.82, 2.24) is 0 Å². The Morgan fingerprint density at radius 1 is 0.964 bits per heavy atom. The van der Waals surface area contributed by atoms with Gasteiger partial charge in [0.2, 0.25) is 0 Å². The first-order valence-corrected chi connectivity index (χ1v) is 10.1. The third-order valence-corrected chi connectivity index (χ3v) is 5.59. The number of halogens is 1. The van der Waals surface area contributed by atoms with Crippen LogP contribution in [0.4, 0.5) is 0 Å². The van der Waals surface area contributed by atoms with Crippen LogP contribution in [0.1, 0.15) is 35.1 Å². The standard InChI is InChI=1S/C25H24ClNO/c1-17-8-9-22(18(2)24(17)19-6-4-3-5-7-19)16-28-27-25(20-10-11-20)21-12-14-23(26)15-13-21/h3-9,12-15,20H,10-11,16H2,1-2H3/b27-25+. The number of rotatable bonds is 6. The number of aryl methyl sites for hydroxylation is 1. The molecule has 0 aliphatic heterocycles. The van der Waals surface area contributed by atoms with Crippen molar-refractivity contribution in [2.45, 2.75) is 33.3 Å². The lowest BCUT2D eigenvalue weighted by Gasteiger charge is -2.14. The zero-order chi connectivity index (χ0) is 19.5. The van der Waals surface area contributed by atoms with Crippen molar-refractivity contribution in [1.29, 1.82) is 0 Å². The highest BCUT2D eigenvalue weighted by molar-refractivity contribution is 6.30. The Kier molecular flexibility index (Phi) is 5.50. The van der Waals surface area contributed by atoms with Crippen LogP contribution in [0.2, 0.25) is 5.02 Å². The van der Waals surface area contributed by atoms with Crippen LogP contribution in [0.15, 0.2) is 71.9 Å². The molecule has 4 rings (SSSR count). The monoisotopic (exact) mass is 389 g/mol. The first kappa shape index (κ1) is 18.8. The van der Waals surface area contributed by atoms with Gasteiger partial charge in [-0.15, -0.1) is 0 Å². The fourth-order valence-corrected chi connectivity index (χ4v) is 3.73. The van der Waals surface area contributed by atoms with Gasteiger partial charge in [-0.2, -0.15) is 0 Å². The minimum absolute atomic E-state index is 0.468. The first-order valence-electron chi connectivity index (χ1n) is 9.74. The molecule has 1 aliphatic rings. The Morgan fingerprint density at radius 2 is 1.68 bits per heavy atom. The maximum atomic E-state index is 6.02. The van der Waals surface area contributed by atoms with E-state index >= 15 is 0 Å². The molecular formula is C25H24ClNO. The summed E-state index contributed by atoms with van der Waals surface area (Å²) in [5.74, 6) is 0.500. The molecule has 0 amide bonds. The van der Waals surface area contributed by atoms with E-state index in [2.05, 4.69) is 55.4 Å². The van der Waals surface area contributed by atoms with E-state index in [1.54, 1.807) is 0 Å². The molecule has 3 aromatic rings. The second-order valence-electron chi connectivity index (χ2n) is 7.44. The Labute approximate surface area is 171 Å². The van der Waals surface area contributed by atoms with Crippen LogP contribution >= 0.6 is 11.6 Å². The fraction of sp³-hybridized carbons (Fsp3) is 0.240. The number of nitrogens with zero attached hydrogens (tertiary/aromatic N) is 1. The van der Waals surface area contributed by atoms with Crippen molar-refractivity contribution in [3.05, 3.63) is 94.0 Å². The van der Waals surface area contributed by atoms with Gasteiger partial charge in [0, 0.05) is 10.9 Å². The van der Waals surface area contributed by atoms with Crippen molar-refractivity contribution < 1.29 is 4.84 Å². The summed E-state index contributed by atoms with van der Waals surface area (Å²) in [5, 5.41) is 5.26. The van der Waals surface area contributed by atoms with Crippen LogP contribution in [-0.2, 0) is 11.4 Å². The molecule has 1 saturated carbocycles. The van der Waals surface area contributed by atoms with Crippen LogP contribution in [0.3, 0.4) is 0 Å². The summed E-state index contributed by atoms with van der Waals surface area (Å²) in [6.45, 7) is 4.79. The minimum atomic E-state index is 0.468. The Bertz CT molecular complexity index is 989. The van der Waals surface area contributed by atoms with Crippen molar-refractivity contribution in [2.75, 3.05) is 0 Å². The number of hydrogen-bond donors (Lipinski definition) is 0. The molecule has 0 N–H and O–H groups in total. The maximum Gasteiger partial charge on any atom is 0.142 e. The zero-order valence-electron chi connectivity index (χ0n) is 16.3. The average molecular weight is 390 g/mol. The molecule has 0 radical (unpaired) electrons. The molecule has 0 spiro atoms. The SMILES string of the molecule is Cc1ccc(CO/N=C(/c2ccc(Cl)cc2)C2CC2)c(C)c1-c1ccccc1. The lowest BCUT2D eigenvalue weighted by Crippen LogP contribution is -2.05. The van der Waals surface area contributed by atoms with Gasteiger partial charge in [-0.3, -0.25) is 0 Å². The molecule has 142 valence electrons. The second kappa shape index (κ2) is 8.20. The Hall–Kier alpha value is -2.58. The van der Waals surface area contributed by atoms with E-state index in [9.17, 15) is 0 Å². The lowest BCUT2D eigenvalue weighted by molar-refractivity contribution is 0.129. The molecule has 0 saturated heterocycles. The molecule has 1 aliphatic carbocycles. The summed E-state index contributed by atoms with van der Waals surface area (Å²) in [6.07, 6.45) is 2.35. The van der Waals surface area contributed by atoms with E-state index in [1.165, 1.54) is 40.7 Å². The molecule has 3 aromatic carbocycles. The minimum Gasteiger partial charge on any atom is -0.391 e. The lowest BCUT2D eigenvalue weighted by atomic mass is 9.92. The van der Waals surface area contributed by atoms with E-state index in [4.69, 9.17) is 16.4 Å². The summed E-state index contributed by atoms with van der Waals surface area (Å²) in [4.78, 5) is 5.83. The number of benzene rings is 3. The van der Waals surface area contributed by atoms with E-state index in [1.807, 2.05) is 30.3 Å². The third kappa shape index (κ3) is 4.13. The molecule has 28 heavy (non-hydrogen) atoms. The third-order valence-electron chi connectivity index (χ3n) is 5.33. The summed E-state index contributed by atoms with van der Waals surface area (Å²) in [5.41, 5.74) is 8.34. The van der Waals surface area contributed by atoms with E-state index < -0.39 is 0 Å². The van der Waals surface area contributed by atoms with E-state index in [0.717, 1.165) is 16.3 Å². The number of hydrogen-bond acceptors (Lipinski definition) is 2. The van der Waals surface area contributed by atoms with Gasteiger partial charge in [0.25, 0.3) is 0 Å². The molecule has 0 bridgehead atoms. The quantitative estimate of drug-likeness (QED) is 0.330. The van der Waals surface area contributed by atoms with Crippen LogP contribution in [0, 0.1) is 19.8 Å². The predicted molar refractivity (Wildman–Crippen MR) is 117 cm³/mol. The Morgan fingerprint density at radius 3 is 2.36 bits per heavy atom. The zero-order valence-corrected chi connectivity index (χ0v) is 17.0. The Balaban J connectivity index is 1.56. The van der Waals surface area contributed by atoms with Crippen molar-refractivity contribution in [3.8, 4) is 11.1 Å². The van der Waals surface area contributed by atoms with Gasteiger partial charge in [0.15, 0.2) is 0 Å². The molecule has 2 nitrogen and oxygen atoms in total. The van der Waals surface area contributed by atoms with Crippen LogP contribution in [0.25, 0.3) is 11.1 Å². The van der Waals surface area contributed by atoms with E-state index in [-0.39, 0.29) is 0 Å². The van der Waals surface area contributed by atoms with Crippen LogP contribution in [0.5, 0.6) is 0 Å². The highest BCUT2D eigenvalue weighted by Gasteiger charge is 2.29. The van der Waals surface area contributed by atoms with Gasteiger partial charge in [-0.25, -0.2) is 0 Å². The largest absolute Gasteiger partial charge is 0.391 e. The summed E-state index contributed by atoms with van der Waals surface area (Å²) in [7, 11) is 0. The summed E-state index contributed by atoms with van der Waals surface area (Å²) in [6, 6.07) is 22.7. The molecule has 0 aromatic heterocycles. The van der Waals surface area contributed by atoms with Crippen molar-refractivity contribution in [2.24, 2.45) is 11.1 Å². The predicted octanol–water partition coefficient (Wildman–Crippen LogP) is 6.95. The van der Waals surface area contributed by atoms with E-state index in [0.29, 0.717) is 12.5 Å². The van der Waals surface area contributed by atoms with Gasteiger partial charge in [0.05, 0.1) is 5.71 Å². The summed E-state index contributed by atoms with van der Waals surface area (Å²) < 4.78 is 0. The van der Waals surface area contributed by atoms with Crippen LogP contribution < -0.4 is 0 Å².